The monoisotopic (exact) mass is 273 g/mol. The van der Waals surface area contributed by atoms with Gasteiger partial charge in [-0.25, -0.2) is 0 Å². The highest BCUT2D eigenvalue weighted by Gasteiger charge is 2.30. The molecule has 0 radical (unpaired) electrons. The van der Waals surface area contributed by atoms with Crippen molar-refractivity contribution in [3.63, 3.8) is 0 Å². The summed E-state index contributed by atoms with van der Waals surface area (Å²) in [5, 5.41) is 14.0. The lowest BCUT2D eigenvalue weighted by Crippen LogP contribution is -2.36. The molecule has 0 aromatic heterocycles. The van der Waals surface area contributed by atoms with Crippen LogP contribution in [-0.4, -0.2) is 61.7 Å². The lowest BCUT2D eigenvalue weighted by Gasteiger charge is -2.10. The number of hydrogen-bond donors (Lipinski definition) is 4. The third-order valence-corrected chi connectivity index (χ3v) is 2.73. The molecule has 0 aromatic carbocycles. The third-order valence-electron chi connectivity index (χ3n) is 2.73. The Morgan fingerprint density at radius 1 is 1.58 bits per heavy atom. The van der Waals surface area contributed by atoms with Gasteiger partial charge in [-0.3, -0.25) is 14.4 Å². The Hall–Kier alpha value is -1.51. The van der Waals surface area contributed by atoms with E-state index in [1.807, 2.05) is 0 Å². The summed E-state index contributed by atoms with van der Waals surface area (Å²) in [7, 11) is 0. The maximum Gasteiger partial charge on any atom is 0.322 e. The molecule has 8 nitrogen and oxygen atoms in total. The predicted molar refractivity (Wildman–Crippen MR) is 65.4 cm³/mol. The van der Waals surface area contributed by atoms with E-state index in [-0.39, 0.29) is 24.8 Å². The number of nitrogens with two attached hydrogens (primary N) is 1. The first-order valence-corrected chi connectivity index (χ1v) is 6.09. The number of ketones is 1. The van der Waals surface area contributed by atoms with Crippen LogP contribution < -0.4 is 16.4 Å². The van der Waals surface area contributed by atoms with Gasteiger partial charge in [0.2, 0.25) is 5.91 Å². The van der Waals surface area contributed by atoms with Crippen LogP contribution in [0.5, 0.6) is 0 Å². The second-order valence-electron chi connectivity index (χ2n) is 4.31. The summed E-state index contributed by atoms with van der Waals surface area (Å²) in [4.78, 5) is 33.2. The quantitative estimate of drug-likeness (QED) is 0.289. The summed E-state index contributed by atoms with van der Waals surface area (Å²) in [5.41, 5.74) is 5.24. The fraction of sp³-hybridized carbons (Fsp3) is 0.727. The van der Waals surface area contributed by atoms with Crippen molar-refractivity contribution in [2.24, 2.45) is 11.7 Å². The largest absolute Gasteiger partial charge is 0.480 e. The minimum Gasteiger partial charge on any atom is -0.480 e. The van der Waals surface area contributed by atoms with Gasteiger partial charge in [0, 0.05) is 19.7 Å². The summed E-state index contributed by atoms with van der Waals surface area (Å²) in [6.07, 6.45) is 0.534. The molecular weight excluding hydrogens is 254 g/mol. The Labute approximate surface area is 110 Å². The maximum absolute atomic E-state index is 11.6. The van der Waals surface area contributed by atoms with Crippen molar-refractivity contribution in [1.29, 1.82) is 0 Å². The molecule has 5 N–H and O–H groups in total. The predicted octanol–water partition coefficient (Wildman–Crippen LogP) is -2.29. The van der Waals surface area contributed by atoms with Crippen molar-refractivity contribution in [2.75, 3.05) is 32.8 Å². The molecular formula is C11H19N3O5. The fourth-order valence-electron chi connectivity index (χ4n) is 1.61. The zero-order valence-electron chi connectivity index (χ0n) is 10.6. The molecule has 0 spiro atoms. The van der Waals surface area contributed by atoms with Gasteiger partial charge in [-0.2, -0.15) is 0 Å². The van der Waals surface area contributed by atoms with Gasteiger partial charge in [0.1, 0.15) is 12.0 Å². The number of carboxylic acid groups (broad SMARTS) is 1. The van der Waals surface area contributed by atoms with E-state index in [4.69, 9.17) is 15.6 Å². The number of carbonyl (C=O) groups is 3. The molecule has 0 saturated carbocycles. The number of Topliss-reactive ketones (excluding diaryl/α,β-unsaturated/α-hetero) is 1. The molecule has 1 aliphatic heterocycles. The van der Waals surface area contributed by atoms with Gasteiger partial charge in [0.15, 0.2) is 5.78 Å². The van der Waals surface area contributed by atoms with Gasteiger partial charge < -0.3 is 26.2 Å². The second kappa shape index (κ2) is 7.82. The third kappa shape index (κ3) is 5.33. The molecule has 1 heterocycles. The number of rotatable bonds is 8. The smallest absolute Gasteiger partial charge is 0.322 e. The van der Waals surface area contributed by atoms with E-state index in [1.54, 1.807) is 0 Å². The Balaban J connectivity index is 2.03. The zero-order valence-corrected chi connectivity index (χ0v) is 10.6. The highest BCUT2D eigenvalue weighted by atomic mass is 16.5. The Kier molecular flexibility index (Phi) is 6.40. The molecule has 2 atom stereocenters. The first-order valence-electron chi connectivity index (χ1n) is 6.09. The molecule has 1 saturated heterocycles. The van der Waals surface area contributed by atoms with Crippen LogP contribution in [0.15, 0.2) is 0 Å². The number of carbonyl (C=O) groups excluding carboxylic acids is 2. The first-order chi connectivity index (χ1) is 9.02. The van der Waals surface area contributed by atoms with Crippen molar-refractivity contribution < 1.29 is 24.2 Å². The van der Waals surface area contributed by atoms with Gasteiger partial charge in [-0.1, -0.05) is 0 Å². The number of carboxylic acids is 1. The molecule has 8 heteroatoms. The van der Waals surface area contributed by atoms with E-state index in [9.17, 15) is 14.4 Å². The van der Waals surface area contributed by atoms with Gasteiger partial charge in [0.05, 0.1) is 13.2 Å². The molecule has 0 bridgehead atoms. The fourth-order valence-corrected chi connectivity index (χ4v) is 1.61. The van der Waals surface area contributed by atoms with Crippen LogP contribution in [0.2, 0.25) is 0 Å². The number of nitrogens with one attached hydrogen (secondary N) is 2. The van der Waals surface area contributed by atoms with E-state index >= 15 is 0 Å². The van der Waals surface area contributed by atoms with Crippen LogP contribution in [-0.2, 0) is 19.1 Å². The molecule has 1 fully saturated rings. The van der Waals surface area contributed by atoms with E-state index in [1.165, 1.54) is 0 Å². The second-order valence-corrected chi connectivity index (χ2v) is 4.31. The van der Waals surface area contributed by atoms with Crippen LogP contribution in [0, 0.1) is 5.92 Å². The minimum absolute atomic E-state index is 0.0612. The molecule has 1 rings (SSSR count). The first kappa shape index (κ1) is 15.5. The Morgan fingerprint density at radius 3 is 2.89 bits per heavy atom. The number of amides is 1. The number of hydrogen-bond acceptors (Lipinski definition) is 6. The van der Waals surface area contributed by atoms with Crippen LogP contribution in [0.3, 0.4) is 0 Å². The highest BCUT2D eigenvalue weighted by molar-refractivity contribution is 6.03. The molecule has 1 amide bonds. The topological polar surface area (TPSA) is 131 Å². The van der Waals surface area contributed by atoms with Crippen molar-refractivity contribution >= 4 is 17.7 Å². The van der Waals surface area contributed by atoms with Crippen LogP contribution in [0.4, 0.5) is 0 Å². The van der Waals surface area contributed by atoms with Crippen molar-refractivity contribution in [3.05, 3.63) is 0 Å². The summed E-state index contributed by atoms with van der Waals surface area (Å²) in [6.45, 7) is 1.25. The SMILES string of the molecule is NC(COCCCNC(=O)C1CNCC1=O)C(=O)O. The summed E-state index contributed by atoms with van der Waals surface area (Å²) in [5.74, 6) is -2.08. The van der Waals surface area contributed by atoms with E-state index in [2.05, 4.69) is 10.6 Å². The summed E-state index contributed by atoms with van der Waals surface area (Å²) >= 11 is 0. The van der Waals surface area contributed by atoms with Crippen molar-refractivity contribution in [2.45, 2.75) is 12.5 Å². The maximum atomic E-state index is 11.6. The molecule has 2 unspecified atom stereocenters. The van der Waals surface area contributed by atoms with Crippen LogP contribution in [0.1, 0.15) is 6.42 Å². The Bertz CT molecular complexity index is 347. The zero-order chi connectivity index (χ0) is 14.3. The molecule has 0 aromatic rings. The van der Waals surface area contributed by atoms with E-state index < -0.39 is 17.9 Å². The van der Waals surface area contributed by atoms with Gasteiger partial charge in [-0.05, 0) is 6.42 Å². The molecule has 19 heavy (non-hydrogen) atoms. The highest BCUT2D eigenvalue weighted by Crippen LogP contribution is 2.03. The number of ether oxygens (including phenoxy) is 1. The standard InChI is InChI=1S/C11H19N3O5/c12-8(11(17)18)6-19-3-1-2-14-10(16)7-4-13-5-9(7)15/h7-8,13H,1-6,12H2,(H,14,16)(H,17,18). The summed E-state index contributed by atoms with van der Waals surface area (Å²) in [6, 6.07) is -1.03. The van der Waals surface area contributed by atoms with Gasteiger partial charge in [-0.15, -0.1) is 0 Å². The minimum atomic E-state index is -1.11. The molecule has 108 valence electrons. The number of aliphatic carboxylic acids is 1. The normalized spacial score (nSPS) is 20.3. The Morgan fingerprint density at radius 2 is 2.32 bits per heavy atom. The van der Waals surface area contributed by atoms with Crippen LogP contribution in [0.25, 0.3) is 0 Å². The van der Waals surface area contributed by atoms with E-state index in [0.717, 1.165) is 0 Å². The lowest BCUT2D eigenvalue weighted by atomic mass is 10.1. The lowest BCUT2D eigenvalue weighted by molar-refractivity contribution is -0.140. The van der Waals surface area contributed by atoms with Gasteiger partial charge >= 0.3 is 5.97 Å². The average Bonchev–Trinajstić information content (AvgIpc) is 2.79. The average molecular weight is 273 g/mol. The summed E-state index contributed by atoms with van der Waals surface area (Å²) < 4.78 is 5.05. The van der Waals surface area contributed by atoms with Crippen molar-refractivity contribution in [1.82, 2.24) is 10.6 Å². The van der Waals surface area contributed by atoms with Crippen LogP contribution >= 0.6 is 0 Å². The van der Waals surface area contributed by atoms with E-state index in [0.29, 0.717) is 26.1 Å². The molecule has 1 aliphatic rings. The van der Waals surface area contributed by atoms with Gasteiger partial charge in [0.25, 0.3) is 0 Å². The van der Waals surface area contributed by atoms with Crippen molar-refractivity contribution in [3.8, 4) is 0 Å². The molecule has 0 aliphatic carbocycles.